The summed E-state index contributed by atoms with van der Waals surface area (Å²) in [5, 5.41) is 2.47. The van der Waals surface area contributed by atoms with Gasteiger partial charge < -0.3 is 10.1 Å². The molecule has 0 bridgehead atoms. The normalized spacial score (nSPS) is 19.4. The van der Waals surface area contributed by atoms with Crippen molar-refractivity contribution in [3.63, 3.8) is 0 Å². The number of sulfonamides is 1. The highest BCUT2D eigenvalue weighted by molar-refractivity contribution is 7.91. The number of hydrogen-bond acceptors (Lipinski definition) is 8. The summed E-state index contributed by atoms with van der Waals surface area (Å²) in [5.41, 5.74) is -0.147. The van der Waals surface area contributed by atoms with Gasteiger partial charge in [0, 0.05) is 18.5 Å². The third kappa shape index (κ3) is 7.65. The minimum absolute atomic E-state index is 0.0861. The molecule has 2 aliphatic rings. The predicted octanol–water partition coefficient (Wildman–Crippen LogP) is 5.07. The number of nitrogens with one attached hydrogen (secondary N) is 1. The van der Waals surface area contributed by atoms with E-state index in [0.717, 1.165) is 38.1 Å². The molecule has 0 aliphatic carbocycles. The summed E-state index contributed by atoms with van der Waals surface area (Å²) >= 11 is 6.53. The molecular weight excluding hydrogens is 653 g/mol. The molecule has 0 radical (unpaired) electrons. The van der Waals surface area contributed by atoms with Crippen LogP contribution in [0.3, 0.4) is 0 Å². The molecule has 17 heteroatoms. The van der Waals surface area contributed by atoms with Crippen molar-refractivity contribution in [1.29, 1.82) is 0 Å². The van der Waals surface area contributed by atoms with Gasteiger partial charge in [-0.2, -0.15) is 27.4 Å². The van der Waals surface area contributed by atoms with Crippen molar-refractivity contribution in [2.75, 3.05) is 32.8 Å². The van der Waals surface area contributed by atoms with Crippen molar-refractivity contribution in [1.82, 2.24) is 24.5 Å². The van der Waals surface area contributed by atoms with Crippen LogP contribution in [0.4, 0.5) is 22.0 Å². The lowest BCUT2D eigenvalue weighted by Gasteiger charge is -2.22. The van der Waals surface area contributed by atoms with E-state index in [-0.39, 0.29) is 39.1 Å². The van der Waals surface area contributed by atoms with Crippen LogP contribution < -0.4 is 10.1 Å². The van der Waals surface area contributed by atoms with Crippen molar-refractivity contribution >= 4 is 38.9 Å². The maximum atomic E-state index is 14.4. The Morgan fingerprint density at radius 1 is 1.11 bits per heavy atom. The van der Waals surface area contributed by atoms with Crippen LogP contribution in [0.2, 0.25) is 4.34 Å². The summed E-state index contributed by atoms with van der Waals surface area (Å²) in [5.74, 6) is -4.42. The van der Waals surface area contributed by atoms with E-state index in [1.54, 1.807) is 0 Å². The molecular formula is C27H27ClF5N5O4S2. The summed E-state index contributed by atoms with van der Waals surface area (Å²) in [6.07, 6.45) is -3.40. The molecule has 1 N–H and O–H groups in total. The lowest BCUT2D eigenvalue weighted by Crippen LogP contribution is -2.45. The molecule has 4 heterocycles. The fraction of sp³-hybridized carbons (Fsp3) is 0.444. The molecule has 2 aliphatic heterocycles. The van der Waals surface area contributed by atoms with E-state index in [0.29, 0.717) is 27.8 Å². The molecule has 2 saturated heterocycles. The third-order valence-electron chi connectivity index (χ3n) is 7.19. The molecule has 3 aromatic rings. The average Bonchev–Trinajstić information content (AvgIpc) is 3.72. The highest BCUT2D eigenvalue weighted by Gasteiger charge is 2.53. The number of alkyl halides is 5. The lowest BCUT2D eigenvalue weighted by atomic mass is 10.1. The Morgan fingerprint density at radius 3 is 2.45 bits per heavy atom. The zero-order valence-electron chi connectivity index (χ0n) is 23.0. The molecule has 2 fully saturated rings. The summed E-state index contributed by atoms with van der Waals surface area (Å²) in [7, 11) is -4.45. The SMILES string of the molecule is O=C(NCc1cc(-c2ccc(C(F)(F)F)cc2)nc(OCCN2CCCC2)n1)[C@@H]1CC(F)(F)CN1S(=O)(=O)c1ccc(Cl)s1. The van der Waals surface area contributed by atoms with Gasteiger partial charge in [0.25, 0.3) is 15.9 Å². The van der Waals surface area contributed by atoms with Gasteiger partial charge >= 0.3 is 12.2 Å². The van der Waals surface area contributed by atoms with Crippen molar-refractivity contribution in [3.05, 3.63) is 58.1 Å². The fourth-order valence-corrected chi connectivity index (χ4v) is 8.22. The number of benzene rings is 1. The molecule has 0 saturated carbocycles. The second-order valence-electron chi connectivity index (χ2n) is 10.4. The quantitative estimate of drug-likeness (QED) is 0.299. The Labute approximate surface area is 259 Å². The molecule has 238 valence electrons. The Kier molecular flexibility index (Phi) is 9.47. The van der Waals surface area contributed by atoms with E-state index >= 15 is 0 Å². The summed E-state index contributed by atoms with van der Waals surface area (Å²) < 4.78 is 100. The minimum atomic E-state index is -4.53. The Morgan fingerprint density at radius 2 is 1.82 bits per heavy atom. The highest BCUT2D eigenvalue weighted by Crippen LogP contribution is 2.38. The predicted molar refractivity (Wildman–Crippen MR) is 152 cm³/mol. The number of amides is 1. The van der Waals surface area contributed by atoms with Crippen molar-refractivity contribution in [3.8, 4) is 17.3 Å². The van der Waals surface area contributed by atoms with Gasteiger partial charge in [0.15, 0.2) is 0 Å². The fourth-order valence-electron chi connectivity index (χ4n) is 4.99. The van der Waals surface area contributed by atoms with Crippen molar-refractivity contribution in [2.24, 2.45) is 0 Å². The van der Waals surface area contributed by atoms with Crippen molar-refractivity contribution < 1.29 is 39.9 Å². The standard InChI is InChI=1S/C27H27ClF5N5O4S2/c28-22-7-8-23(43-22)44(40,41)38-16-26(29,30)14-21(38)24(39)34-15-19-13-20(17-3-5-18(6-4-17)27(31,32)33)36-25(35-19)42-12-11-37-9-1-2-10-37/h3-8,13,21H,1-2,9-12,14-16H2,(H,34,39)/t21-/m0/s1. The molecule has 1 amide bonds. The van der Waals surface area contributed by atoms with Gasteiger partial charge in [0.2, 0.25) is 5.91 Å². The average molecular weight is 680 g/mol. The Balaban J connectivity index is 1.35. The number of ether oxygens (including phenoxy) is 1. The van der Waals surface area contributed by atoms with Gasteiger partial charge in [-0.1, -0.05) is 23.7 Å². The highest BCUT2D eigenvalue weighted by atomic mass is 35.5. The first kappa shape index (κ1) is 32.5. The first-order valence-electron chi connectivity index (χ1n) is 13.5. The van der Waals surface area contributed by atoms with Gasteiger partial charge in [-0.15, -0.1) is 11.3 Å². The summed E-state index contributed by atoms with van der Waals surface area (Å²) in [6, 6.07) is 6.41. The topological polar surface area (TPSA) is 105 Å². The van der Waals surface area contributed by atoms with Gasteiger partial charge in [-0.05, 0) is 56.3 Å². The number of rotatable bonds is 10. The van der Waals surface area contributed by atoms with Crippen LogP contribution >= 0.6 is 22.9 Å². The lowest BCUT2D eigenvalue weighted by molar-refractivity contribution is -0.137. The molecule has 0 spiro atoms. The summed E-state index contributed by atoms with van der Waals surface area (Å²) in [4.78, 5) is 23.9. The minimum Gasteiger partial charge on any atom is -0.462 e. The maximum absolute atomic E-state index is 14.4. The number of likely N-dealkylation sites (tertiary alicyclic amines) is 1. The van der Waals surface area contributed by atoms with Crippen LogP contribution in [-0.2, 0) is 27.5 Å². The molecule has 0 unspecified atom stereocenters. The Hall–Kier alpha value is -2.92. The molecule has 44 heavy (non-hydrogen) atoms. The van der Waals surface area contributed by atoms with E-state index in [4.69, 9.17) is 16.3 Å². The van der Waals surface area contributed by atoms with Crippen LogP contribution in [-0.4, -0.2) is 78.2 Å². The van der Waals surface area contributed by atoms with Crippen LogP contribution in [0.1, 0.15) is 30.5 Å². The van der Waals surface area contributed by atoms with E-state index in [1.165, 1.54) is 30.3 Å². The first-order valence-corrected chi connectivity index (χ1v) is 16.2. The van der Waals surface area contributed by atoms with Crippen LogP contribution in [0.15, 0.2) is 46.7 Å². The number of aromatic nitrogens is 2. The number of nitrogens with zero attached hydrogens (tertiary/aromatic N) is 4. The number of carbonyl (C=O) groups is 1. The van der Waals surface area contributed by atoms with Crippen LogP contribution in [0, 0.1) is 0 Å². The van der Waals surface area contributed by atoms with E-state index < -0.39 is 52.6 Å². The molecule has 1 atom stereocenters. The molecule has 9 nitrogen and oxygen atoms in total. The van der Waals surface area contributed by atoms with Gasteiger partial charge in [-0.3, -0.25) is 9.69 Å². The molecule has 2 aromatic heterocycles. The Bertz CT molecular complexity index is 1600. The molecule has 1 aromatic carbocycles. The van der Waals surface area contributed by atoms with Crippen molar-refractivity contribution in [2.45, 2.75) is 48.2 Å². The number of thiophene rings is 1. The zero-order valence-corrected chi connectivity index (χ0v) is 25.4. The summed E-state index contributed by atoms with van der Waals surface area (Å²) in [6.45, 7) is 1.20. The van der Waals surface area contributed by atoms with Gasteiger partial charge in [-0.25, -0.2) is 17.2 Å². The van der Waals surface area contributed by atoms with Crippen LogP contribution in [0.25, 0.3) is 11.3 Å². The number of carbonyl (C=O) groups excluding carboxylic acids is 1. The third-order valence-corrected chi connectivity index (χ3v) is 10.7. The van der Waals surface area contributed by atoms with Crippen LogP contribution in [0.5, 0.6) is 6.01 Å². The van der Waals surface area contributed by atoms with E-state index in [1.807, 2.05) is 0 Å². The largest absolute Gasteiger partial charge is 0.462 e. The zero-order chi connectivity index (χ0) is 31.7. The first-order chi connectivity index (χ1) is 20.7. The van der Waals surface area contributed by atoms with Gasteiger partial charge in [0.05, 0.1) is 34.4 Å². The number of hydrogen-bond donors (Lipinski definition) is 1. The van der Waals surface area contributed by atoms with E-state index in [9.17, 15) is 35.2 Å². The second kappa shape index (κ2) is 12.8. The monoisotopic (exact) mass is 679 g/mol. The number of halogens is 6. The molecule has 5 rings (SSSR count). The van der Waals surface area contributed by atoms with E-state index in [2.05, 4.69) is 20.2 Å². The van der Waals surface area contributed by atoms with Gasteiger partial charge in [0.1, 0.15) is 16.9 Å². The smallest absolute Gasteiger partial charge is 0.416 e. The maximum Gasteiger partial charge on any atom is 0.416 e. The second-order valence-corrected chi connectivity index (χ2v) is 14.2.